The lowest BCUT2D eigenvalue weighted by atomic mass is 10.1. The average molecular weight is 295 g/mol. The number of hydrogen-bond donors (Lipinski definition) is 0. The summed E-state index contributed by atoms with van der Waals surface area (Å²) in [6.07, 6.45) is 5.98. The number of piperidine rings is 1. The van der Waals surface area contributed by atoms with Gasteiger partial charge in [0.15, 0.2) is 0 Å². The van der Waals surface area contributed by atoms with Crippen molar-refractivity contribution in [2.24, 2.45) is 5.92 Å². The van der Waals surface area contributed by atoms with Crippen LogP contribution in [0.2, 0.25) is 0 Å². The Hall–Kier alpha value is -0.610. The zero-order chi connectivity index (χ0) is 15.1. The van der Waals surface area contributed by atoms with Crippen LogP contribution >= 0.6 is 0 Å². The molecule has 2 heterocycles. The minimum absolute atomic E-state index is 0.360. The largest absolute Gasteiger partial charge is 0.340 e. The number of hydrogen-bond acceptors (Lipinski definition) is 3. The van der Waals surface area contributed by atoms with E-state index in [-0.39, 0.29) is 0 Å². The van der Waals surface area contributed by atoms with Crippen LogP contribution in [0.5, 0.6) is 0 Å². The smallest absolute Gasteiger partial charge is 0.223 e. The normalized spacial score (nSPS) is 22.8. The molecule has 2 fully saturated rings. The summed E-state index contributed by atoms with van der Waals surface area (Å²) in [5, 5.41) is 0. The fraction of sp³-hybridized carbons (Fsp3) is 0.941. The molecule has 0 radical (unpaired) electrons. The summed E-state index contributed by atoms with van der Waals surface area (Å²) >= 11 is 0. The van der Waals surface area contributed by atoms with E-state index in [1.54, 1.807) is 0 Å². The van der Waals surface area contributed by atoms with E-state index in [1.807, 2.05) is 0 Å². The Morgan fingerprint density at radius 2 is 1.57 bits per heavy atom. The van der Waals surface area contributed by atoms with Gasteiger partial charge in [-0.1, -0.05) is 20.3 Å². The maximum absolute atomic E-state index is 12.3. The molecule has 21 heavy (non-hydrogen) atoms. The van der Waals surface area contributed by atoms with Gasteiger partial charge in [0.25, 0.3) is 0 Å². The number of likely N-dealkylation sites (tertiary alicyclic amines) is 1. The van der Waals surface area contributed by atoms with Crippen molar-refractivity contribution in [1.29, 1.82) is 0 Å². The van der Waals surface area contributed by atoms with E-state index in [0.717, 1.165) is 45.2 Å². The molecule has 1 amide bonds. The first-order valence-electron chi connectivity index (χ1n) is 8.87. The molecule has 0 aromatic heterocycles. The Morgan fingerprint density at radius 1 is 0.857 bits per heavy atom. The molecule has 0 aromatic rings. The first-order valence-corrected chi connectivity index (χ1v) is 8.87. The summed E-state index contributed by atoms with van der Waals surface area (Å²) in [5.74, 6) is 1.11. The van der Waals surface area contributed by atoms with E-state index in [9.17, 15) is 4.79 Å². The molecule has 122 valence electrons. The number of carbonyl (C=O) groups is 1. The van der Waals surface area contributed by atoms with Gasteiger partial charge in [0.2, 0.25) is 5.91 Å². The Kier molecular flexibility index (Phi) is 6.97. The van der Waals surface area contributed by atoms with Crippen molar-refractivity contribution in [1.82, 2.24) is 14.7 Å². The van der Waals surface area contributed by atoms with Crippen LogP contribution in [-0.2, 0) is 4.79 Å². The Balaban J connectivity index is 1.71. The van der Waals surface area contributed by atoms with Gasteiger partial charge < -0.3 is 14.7 Å². The molecule has 0 aliphatic carbocycles. The molecule has 2 rings (SSSR count). The van der Waals surface area contributed by atoms with Gasteiger partial charge in [-0.3, -0.25) is 4.79 Å². The summed E-state index contributed by atoms with van der Waals surface area (Å²) in [6, 6.07) is 0. The van der Waals surface area contributed by atoms with Crippen LogP contribution < -0.4 is 0 Å². The predicted octanol–water partition coefficient (Wildman–Crippen LogP) is 2.05. The van der Waals surface area contributed by atoms with Gasteiger partial charge in [-0.2, -0.15) is 0 Å². The molecule has 2 aliphatic heterocycles. The molecule has 0 N–H and O–H groups in total. The number of amides is 1. The third kappa shape index (κ3) is 5.95. The lowest BCUT2D eigenvalue weighted by Crippen LogP contribution is -2.41. The number of carbonyl (C=O) groups excluding carboxylic acids is 1. The minimum Gasteiger partial charge on any atom is -0.340 e. The van der Waals surface area contributed by atoms with E-state index < -0.39 is 0 Å². The van der Waals surface area contributed by atoms with E-state index in [4.69, 9.17) is 0 Å². The maximum Gasteiger partial charge on any atom is 0.223 e. The maximum atomic E-state index is 12.3. The highest BCUT2D eigenvalue weighted by Gasteiger charge is 2.21. The molecular formula is C17H33N3O. The van der Waals surface area contributed by atoms with Gasteiger partial charge in [0.05, 0.1) is 0 Å². The van der Waals surface area contributed by atoms with E-state index in [2.05, 4.69) is 28.5 Å². The van der Waals surface area contributed by atoms with Crippen LogP contribution in [0, 0.1) is 5.92 Å². The zero-order valence-electron chi connectivity index (χ0n) is 14.0. The topological polar surface area (TPSA) is 26.8 Å². The molecule has 2 saturated heterocycles. The molecule has 4 heteroatoms. The van der Waals surface area contributed by atoms with Crippen LogP contribution in [-0.4, -0.2) is 73.0 Å². The Labute approximate surface area is 130 Å². The SMILES string of the molecule is CC(C)CCN1CCC(=O)N(CCN2CCCCC2)CC1. The molecule has 0 spiro atoms. The molecule has 0 atom stereocenters. The standard InChI is InChI=1S/C17H33N3O/c1-16(2)6-10-19-11-7-17(21)20(15-13-19)14-12-18-8-4-3-5-9-18/h16H,3-15H2,1-2H3. The molecule has 0 aromatic carbocycles. The molecule has 2 aliphatic rings. The van der Waals surface area contributed by atoms with E-state index in [1.165, 1.54) is 38.8 Å². The zero-order valence-corrected chi connectivity index (χ0v) is 14.0. The van der Waals surface area contributed by atoms with Crippen LogP contribution in [0.3, 0.4) is 0 Å². The van der Waals surface area contributed by atoms with Gasteiger partial charge >= 0.3 is 0 Å². The first kappa shape index (κ1) is 16.8. The highest BCUT2D eigenvalue weighted by Crippen LogP contribution is 2.11. The van der Waals surface area contributed by atoms with Crippen molar-refractivity contribution in [2.45, 2.75) is 46.0 Å². The molecule has 0 unspecified atom stereocenters. The van der Waals surface area contributed by atoms with Crippen molar-refractivity contribution in [3.8, 4) is 0 Å². The van der Waals surface area contributed by atoms with Crippen LogP contribution in [0.25, 0.3) is 0 Å². The van der Waals surface area contributed by atoms with Crippen molar-refractivity contribution in [3.63, 3.8) is 0 Å². The highest BCUT2D eigenvalue weighted by molar-refractivity contribution is 5.76. The summed E-state index contributed by atoms with van der Waals surface area (Å²) in [5.41, 5.74) is 0. The van der Waals surface area contributed by atoms with Crippen molar-refractivity contribution < 1.29 is 4.79 Å². The van der Waals surface area contributed by atoms with E-state index in [0.29, 0.717) is 12.3 Å². The van der Waals surface area contributed by atoms with Gasteiger partial charge in [0.1, 0.15) is 0 Å². The van der Waals surface area contributed by atoms with Gasteiger partial charge in [-0.15, -0.1) is 0 Å². The van der Waals surface area contributed by atoms with Crippen molar-refractivity contribution in [3.05, 3.63) is 0 Å². The molecular weight excluding hydrogens is 262 g/mol. The quantitative estimate of drug-likeness (QED) is 0.750. The lowest BCUT2D eigenvalue weighted by molar-refractivity contribution is -0.130. The molecule has 0 saturated carbocycles. The average Bonchev–Trinajstić information content (AvgIpc) is 2.66. The summed E-state index contributed by atoms with van der Waals surface area (Å²) < 4.78 is 0. The Morgan fingerprint density at radius 3 is 2.29 bits per heavy atom. The molecule has 0 bridgehead atoms. The summed E-state index contributed by atoms with van der Waals surface area (Å²) in [4.78, 5) is 19.3. The second kappa shape index (κ2) is 8.74. The van der Waals surface area contributed by atoms with Gasteiger partial charge in [0, 0.05) is 39.1 Å². The van der Waals surface area contributed by atoms with Crippen LogP contribution in [0.1, 0.15) is 46.0 Å². The number of rotatable bonds is 6. The fourth-order valence-corrected chi connectivity index (χ4v) is 3.26. The summed E-state index contributed by atoms with van der Waals surface area (Å²) in [7, 11) is 0. The second-order valence-electron chi connectivity index (χ2n) is 7.06. The third-order valence-corrected chi connectivity index (χ3v) is 4.84. The fourth-order valence-electron chi connectivity index (χ4n) is 3.26. The first-order chi connectivity index (χ1) is 10.1. The predicted molar refractivity (Wildman–Crippen MR) is 87.4 cm³/mol. The highest BCUT2D eigenvalue weighted by atomic mass is 16.2. The Bertz CT molecular complexity index is 313. The van der Waals surface area contributed by atoms with Gasteiger partial charge in [-0.25, -0.2) is 0 Å². The lowest BCUT2D eigenvalue weighted by Gasteiger charge is -2.29. The minimum atomic E-state index is 0.360. The van der Waals surface area contributed by atoms with Crippen LogP contribution in [0.4, 0.5) is 0 Å². The van der Waals surface area contributed by atoms with Crippen molar-refractivity contribution >= 4 is 5.91 Å². The molecule has 4 nitrogen and oxygen atoms in total. The summed E-state index contributed by atoms with van der Waals surface area (Å²) in [6.45, 7) is 13.1. The second-order valence-corrected chi connectivity index (χ2v) is 7.06. The van der Waals surface area contributed by atoms with Crippen LogP contribution in [0.15, 0.2) is 0 Å². The third-order valence-electron chi connectivity index (χ3n) is 4.84. The monoisotopic (exact) mass is 295 g/mol. The number of nitrogens with zero attached hydrogens (tertiary/aromatic N) is 3. The van der Waals surface area contributed by atoms with E-state index >= 15 is 0 Å². The van der Waals surface area contributed by atoms with Gasteiger partial charge in [-0.05, 0) is 44.8 Å². The van der Waals surface area contributed by atoms with Crippen molar-refractivity contribution in [2.75, 3.05) is 52.4 Å².